The van der Waals surface area contributed by atoms with Gasteiger partial charge < -0.3 is 10.5 Å². The van der Waals surface area contributed by atoms with Crippen LogP contribution < -0.4 is 10.5 Å². The second-order valence-electron chi connectivity index (χ2n) is 6.09. The van der Waals surface area contributed by atoms with Crippen LogP contribution in [0, 0.1) is 18.3 Å². The summed E-state index contributed by atoms with van der Waals surface area (Å²) in [6, 6.07) is 12.1. The highest BCUT2D eigenvalue weighted by Gasteiger charge is 2.35. The lowest BCUT2D eigenvalue weighted by molar-refractivity contribution is 0.379. The minimum absolute atomic E-state index is 0.118. The van der Waals surface area contributed by atoms with Crippen LogP contribution >= 0.6 is 34.7 Å². The number of nitrogens with zero attached hydrogens (tertiary/aromatic N) is 2. The Morgan fingerprint density at radius 2 is 2.19 bits per heavy atom. The van der Waals surface area contributed by atoms with E-state index in [0.717, 1.165) is 31.8 Å². The lowest BCUT2D eigenvalue weighted by atomic mass is 9.89. The fourth-order valence-corrected chi connectivity index (χ4v) is 5.09. The highest BCUT2D eigenvalue weighted by Crippen LogP contribution is 2.44. The number of nitriles is 1. The number of H-pyrrole nitrogens is 1. The SMILES string of the molecule is Cc1[nH]nc2c1[C@@H](c1cc(CSc3ccc(Cl)cc3)cs1)C(C#N)=C(N)O2. The van der Waals surface area contributed by atoms with E-state index in [-0.39, 0.29) is 11.8 Å². The summed E-state index contributed by atoms with van der Waals surface area (Å²) in [5, 5.41) is 19.6. The molecule has 2 aromatic heterocycles. The van der Waals surface area contributed by atoms with Crippen molar-refractivity contribution < 1.29 is 4.74 Å². The van der Waals surface area contributed by atoms with Crippen molar-refractivity contribution in [3.63, 3.8) is 0 Å². The molecule has 1 aromatic carbocycles. The van der Waals surface area contributed by atoms with Gasteiger partial charge in [0.15, 0.2) is 0 Å². The van der Waals surface area contributed by atoms with Crippen LogP contribution in [0.2, 0.25) is 5.02 Å². The third kappa shape index (κ3) is 3.44. The first-order valence-corrected chi connectivity index (χ1v) is 10.4. The Labute approximate surface area is 169 Å². The van der Waals surface area contributed by atoms with Gasteiger partial charge in [0.25, 0.3) is 0 Å². The summed E-state index contributed by atoms with van der Waals surface area (Å²) in [4.78, 5) is 2.21. The Morgan fingerprint density at radius 3 is 2.93 bits per heavy atom. The minimum Gasteiger partial charge on any atom is -0.420 e. The third-order valence-corrected chi connectivity index (χ3v) is 6.69. The summed E-state index contributed by atoms with van der Waals surface area (Å²) in [6.07, 6.45) is 0. The maximum Gasteiger partial charge on any atom is 0.244 e. The lowest BCUT2D eigenvalue weighted by Crippen LogP contribution is -2.20. The number of nitrogens with two attached hydrogens (primary N) is 1. The van der Waals surface area contributed by atoms with Gasteiger partial charge >= 0.3 is 0 Å². The van der Waals surface area contributed by atoms with Gasteiger partial charge in [-0.2, -0.15) is 5.26 Å². The summed E-state index contributed by atoms with van der Waals surface area (Å²) in [5.41, 5.74) is 9.33. The number of thiophene rings is 1. The zero-order chi connectivity index (χ0) is 19.0. The molecule has 0 aliphatic carbocycles. The van der Waals surface area contributed by atoms with Crippen LogP contribution in [0.5, 0.6) is 5.88 Å². The molecule has 3 aromatic rings. The van der Waals surface area contributed by atoms with Crippen molar-refractivity contribution >= 4 is 34.7 Å². The molecule has 136 valence electrons. The van der Waals surface area contributed by atoms with E-state index < -0.39 is 0 Å². The van der Waals surface area contributed by atoms with Gasteiger partial charge in [0.1, 0.15) is 11.6 Å². The van der Waals surface area contributed by atoms with E-state index in [4.69, 9.17) is 22.1 Å². The summed E-state index contributed by atoms with van der Waals surface area (Å²) >= 11 is 9.30. The first-order chi connectivity index (χ1) is 13.1. The zero-order valence-corrected chi connectivity index (χ0v) is 16.7. The molecule has 3 heterocycles. The highest BCUT2D eigenvalue weighted by atomic mass is 35.5. The summed E-state index contributed by atoms with van der Waals surface area (Å²) < 4.78 is 5.51. The maximum absolute atomic E-state index is 9.62. The first-order valence-electron chi connectivity index (χ1n) is 8.15. The quantitative estimate of drug-likeness (QED) is 0.590. The highest BCUT2D eigenvalue weighted by molar-refractivity contribution is 7.98. The number of ether oxygens (including phenoxy) is 1. The Morgan fingerprint density at radius 1 is 1.41 bits per heavy atom. The van der Waals surface area contributed by atoms with Crippen molar-refractivity contribution in [2.45, 2.75) is 23.5 Å². The molecule has 0 saturated heterocycles. The predicted molar refractivity (Wildman–Crippen MR) is 108 cm³/mol. The Balaban J connectivity index is 1.61. The Bertz CT molecular complexity index is 1060. The molecule has 0 bridgehead atoms. The number of allylic oxidation sites excluding steroid dienone is 1. The molecule has 0 amide bonds. The van der Waals surface area contributed by atoms with Crippen molar-refractivity contribution in [1.29, 1.82) is 5.26 Å². The number of hydrogen-bond donors (Lipinski definition) is 2. The molecule has 0 unspecified atom stereocenters. The van der Waals surface area contributed by atoms with Crippen molar-refractivity contribution in [3.05, 3.63) is 73.9 Å². The molecule has 0 radical (unpaired) electrons. The van der Waals surface area contributed by atoms with Crippen molar-refractivity contribution in [2.24, 2.45) is 5.73 Å². The van der Waals surface area contributed by atoms with Crippen LogP contribution in [0.3, 0.4) is 0 Å². The number of aromatic amines is 1. The molecule has 8 heteroatoms. The fraction of sp³-hybridized carbons (Fsp3) is 0.158. The van der Waals surface area contributed by atoms with E-state index >= 15 is 0 Å². The van der Waals surface area contributed by atoms with E-state index in [1.54, 1.807) is 23.1 Å². The van der Waals surface area contributed by atoms with Gasteiger partial charge in [-0.1, -0.05) is 11.6 Å². The second kappa shape index (κ2) is 7.31. The van der Waals surface area contributed by atoms with E-state index in [0.29, 0.717) is 11.5 Å². The molecule has 3 N–H and O–H groups in total. The van der Waals surface area contributed by atoms with E-state index in [1.165, 1.54) is 5.56 Å². The maximum atomic E-state index is 9.62. The van der Waals surface area contributed by atoms with E-state index in [2.05, 4.69) is 27.7 Å². The van der Waals surface area contributed by atoms with Crippen LogP contribution in [0.15, 0.2) is 52.1 Å². The number of aryl methyl sites for hydroxylation is 1. The molecular weight excluding hydrogens is 400 g/mol. The van der Waals surface area contributed by atoms with E-state index in [9.17, 15) is 5.26 Å². The molecule has 4 rings (SSSR count). The molecule has 27 heavy (non-hydrogen) atoms. The average Bonchev–Trinajstić information content (AvgIpc) is 3.27. The molecule has 5 nitrogen and oxygen atoms in total. The standard InChI is InChI=1S/C19H15ClN4OS2/c1-10-16-17(14(7-21)18(22)25-19(16)24-23-10)15-6-11(9-27-15)8-26-13-4-2-12(20)3-5-13/h2-6,9,17H,8,22H2,1H3,(H,23,24)/t17-/m1/s1. The number of thioether (sulfide) groups is 1. The molecule has 1 aliphatic heterocycles. The van der Waals surface area contributed by atoms with Crippen LogP contribution in [0.25, 0.3) is 0 Å². The topological polar surface area (TPSA) is 87.7 Å². The normalized spacial score (nSPS) is 16.0. The smallest absolute Gasteiger partial charge is 0.244 e. The van der Waals surface area contributed by atoms with Crippen molar-refractivity contribution in [2.75, 3.05) is 0 Å². The van der Waals surface area contributed by atoms with Gasteiger partial charge in [0.05, 0.1) is 11.5 Å². The third-order valence-electron chi connectivity index (χ3n) is 4.31. The van der Waals surface area contributed by atoms with Gasteiger partial charge in [-0.3, -0.25) is 5.10 Å². The number of aromatic nitrogens is 2. The monoisotopic (exact) mass is 414 g/mol. The molecule has 1 aliphatic rings. The van der Waals surface area contributed by atoms with Crippen molar-refractivity contribution in [1.82, 2.24) is 10.2 Å². The van der Waals surface area contributed by atoms with Crippen molar-refractivity contribution in [3.8, 4) is 11.9 Å². The van der Waals surface area contributed by atoms with Gasteiger partial charge in [-0.05, 0) is 48.2 Å². The van der Waals surface area contributed by atoms with E-state index in [1.807, 2.05) is 31.2 Å². The first kappa shape index (κ1) is 18.0. The minimum atomic E-state index is -0.253. The van der Waals surface area contributed by atoms with Gasteiger partial charge in [0.2, 0.25) is 11.8 Å². The van der Waals surface area contributed by atoms with Crippen LogP contribution in [0.4, 0.5) is 0 Å². The summed E-state index contributed by atoms with van der Waals surface area (Å²) in [5.74, 6) is 1.14. The second-order valence-corrected chi connectivity index (χ2v) is 8.52. The summed E-state index contributed by atoms with van der Waals surface area (Å²) in [7, 11) is 0. The number of hydrogen-bond acceptors (Lipinski definition) is 6. The van der Waals surface area contributed by atoms with Gasteiger partial charge in [0, 0.05) is 26.2 Å². The summed E-state index contributed by atoms with van der Waals surface area (Å²) in [6.45, 7) is 1.92. The molecule has 0 spiro atoms. The molecular formula is C19H15ClN4OS2. The van der Waals surface area contributed by atoms with Crippen LogP contribution in [-0.4, -0.2) is 10.2 Å². The largest absolute Gasteiger partial charge is 0.420 e. The van der Waals surface area contributed by atoms with Gasteiger partial charge in [-0.25, -0.2) is 0 Å². The number of halogens is 1. The number of rotatable bonds is 4. The Hall–Kier alpha value is -2.40. The van der Waals surface area contributed by atoms with Gasteiger partial charge in [-0.15, -0.1) is 28.2 Å². The zero-order valence-electron chi connectivity index (χ0n) is 14.3. The Kier molecular flexibility index (Phi) is 4.87. The average molecular weight is 415 g/mol. The van der Waals surface area contributed by atoms with Crippen LogP contribution in [0.1, 0.15) is 27.6 Å². The lowest BCUT2D eigenvalue weighted by Gasteiger charge is -2.22. The predicted octanol–water partition coefficient (Wildman–Crippen LogP) is 4.94. The molecule has 1 atom stereocenters. The molecule has 0 saturated carbocycles. The number of nitrogens with one attached hydrogen (secondary N) is 1. The van der Waals surface area contributed by atoms with Crippen LogP contribution in [-0.2, 0) is 5.75 Å². The number of benzene rings is 1. The number of fused-ring (bicyclic) bond motifs is 1. The fourth-order valence-electron chi connectivity index (χ4n) is 3.00. The molecule has 0 fully saturated rings.